The van der Waals surface area contributed by atoms with Crippen LogP contribution in [0.25, 0.3) is 0 Å². The summed E-state index contributed by atoms with van der Waals surface area (Å²) >= 11 is 5.83. The zero-order chi connectivity index (χ0) is 9.14. The van der Waals surface area contributed by atoms with Crippen LogP contribution in [0, 0.1) is 11.7 Å². The number of hydrogen-bond donors (Lipinski definition) is 0. The summed E-state index contributed by atoms with van der Waals surface area (Å²) in [4.78, 5) is 0. The van der Waals surface area contributed by atoms with Gasteiger partial charge < -0.3 is 0 Å². The predicted octanol–water partition coefficient (Wildman–Crippen LogP) is 3.68. The lowest BCUT2D eigenvalue weighted by Crippen LogP contribution is -1.98. The number of hydrogen-bond acceptors (Lipinski definition) is 0. The lowest BCUT2D eigenvalue weighted by Gasteiger charge is -2.07. The van der Waals surface area contributed by atoms with Gasteiger partial charge in [-0.2, -0.15) is 0 Å². The van der Waals surface area contributed by atoms with E-state index in [-0.39, 0.29) is 5.82 Å². The molecule has 0 spiro atoms. The highest BCUT2D eigenvalue weighted by Crippen LogP contribution is 2.21. The molecule has 0 atom stereocenters. The summed E-state index contributed by atoms with van der Waals surface area (Å²) in [7, 11) is 0. The van der Waals surface area contributed by atoms with E-state index in [0.29, 0.717) is 22.9 Å². The summed E-state index contributed by atoms with van der Waals surface area (Å²) in [6.07, 6.45) is 0.700. The lowest BCUT2D eigenvalue weighted by molar-refractivity contribution is 0.574. The first-order valence-electron chi connectivity index (χ1n) is 4.04. The second-order valence-electron chi connectivity index (χ2n) is 3.30. The Labute approximate surface area is 77.4 Å². The summed E-state index contributed by atoms with van der Waals surface area (Å²) in [6, 6.07) is 4.80. The van der Waals surface area contributed by atoms with E-state index in [1.807, 2.05) is 13.8 Å². The van der Waals surface area contributed by atoms with Crippen molar-refractivity contribution in [1.29, 1.82) is 0 Å². The van der Waals surface area contributed by atoms with Crippen LogP contribution < -0.4 is 0 Å². The zero-order valence-electron chi connectivity index (χ0n) is 7.27. The molecule has 2 heteroatoms. The number of benzene rings is 1. The number of halogens is 2. The lowest BCUT2D eigenvalue weighted by atomic mass is 10.0. The standard InChI is InChI=1S/C10H12ClF/c1-7(2)6-8-9(11)4-3-5-10(8)12/h3-5,7H,6H2,1-2H3. The van der Waals surface area contributed by atoms with Crippen LogP contribution in [0.1, 0.15) is 19.4 Å². The molecule has 0 unspecified atom stereocenters. The molecule has 0 bridgehead atoms. The van der Waals surface area contributed by atoms with Crippen molar-refractivity contribution < 1.29 is 4.39 Å². The van der Waals surface area contributed by atoms with Crippen molar-refractivity contribution in [3.63, 3.8) is 0 Å². The molecule has 0 N–H and O–H groups in total. The van der Waals surface area contributed by atoms with Crippen LogP contribution in [0.2, 0.25) is 5.02 Å². The van der Waals surface area contributed by atoms with Crippen molar-refractivity contribution in [3.8, 4) is 0 Å². The van der Waals surface area contributed by atoms with Crippen LogP contribution in [-0.2, 0) is 6.42 Å². The average molecular weight is 187 g/mol. The van der Waals surface area contributed by atoms with Crippen LogP contribution in [0.3, 0.4) is 0 Å². The summed E-state index contributed by atoms with van der Waals surface area (Å²) < 4.78 is 13.1. The minimum atomic E-state index is -0.198. The minimum absolute atomic E-state index is 0.198. The third kappa shape index (κ3) is 2.21. The molecule has 0 nitrogen and oxygen atoms in total. The zero-order valence-corrected chi connectivity index (χ0v) is 8.03. The van der Waals surface area contributed by atoms with E-state index in [2.05, 4.69) is 0 Å². The first-order chi connectivity index (χ1) is 5.61. The van der Waals surface area contributed by atoms with Gasteiger partial charge in [0.1, 0.15) is 5.82 Å². The van der Waals surface area contributed by atoms with Crippen molar-refractivity contribution in [2.75, 3.05) is 0 Å². The average Bonchev–Trinajstić information content (AvgIpc) is 1.97. The van der Waals surface area contributed by atoms with Gasteiger partial charge in [0.25, 0.3) is 0 Å². The fourth-order valence-corrected chi connectivity index (χ4v) is 1.38. The first kappa shape index (κ1) is 9.53. The summed E-state index contributed by atoms with van der Waals surface area (Å²) in [5.41, 5.74) is 0.633. The molecule has 0 saturated carbocycles. The van der Waals surface area contributed by atoms with Gasteiger partial charge in [-0.15, -0.1) is 0 Å². The molecule has 0 aliphatic heterocycles. The summed E-state index contributed by atoms with van der Waals surface area (Å²) in [5.74, 6) is 0.232. The molecule has 1 aromatic carbocycles. The van der Waals surface area contributed by atoms with Crippen LogP contribution in [0.15, 0.2) is 18.2 Å². The topological polar surface area (TPSA) is 0 Å². The van der Waals surface area contributed by atoms with E-state index in [4.69, 9.17) is 11.6 Å². The van der Waals surface area contributed by atoms with Gasteiger partial charge in [-0.05, 0) is 24.5 Å². The van der Waals surface area contributed by atoms with Gasteiger partial charge in [-0.25, -0.2) is 4.39 Å². The van der Waals surface area contributed by atoms with E-state index < -0.39 is 0 Å². The van der Waals surface area contributed by atoms with Crippen LogP contribution in [0.5, 0.6) is 0 Å². The monoisotopic (exact) mass is 186 g/mol. The molecular weight excluding hydrogens is 175 g/mol. The normalized spacial score (nSPS) is 10.8. The van der Waals surface area contributed by atoms with Gasteiger partial charge in [-0.1, -0.05) is 31.5 Å². The third-order valence-corrected chi connectivity index (χ3v) is 2.03. The fourth-order valence-electron chi connectivity index (χ4n) is 1.14. The van der Waals surface area contributed by atoms with Gasteiger partial charge in [-0.3, -0.25) is 0 Å². The predicted molar refractivity (Wildman–Crippen MR) is 50.0 cm³/mol. The highest BCUT2D eigenvalue weighted by Gasteiger charge is 2.07. The largest absolute Gasteiger partial charge is 0.207 e. The molecule has 0 heterocycles. The minimum Gasteiger partial charge on any atom is -0.207 e. The molecule has 0 saturated heterocycles. The van der Waals surface area contributed by atoms with Gasteiger partial charge in [0.15, 0.2) is 0 Å². The van der Waals surface area contributed by atoms with Gasteiger partial charge >= 0.3 is 0 Å². The Morgan fingerprint density at radius 1 is 1.42 bits per heavy atom. The Morgan fingerprint density at radius 2 is 2.08 bits per heavy atom. The van der Waals surface area contributed by atoms with Crippen LogP contribution >= 0.6 is 11.6 Å². The van der Waals surface area contributed by atoms with Gasteiger partial charge in [0.05, 0.1) is 0 Å². The highest BCUT2D eigenvalue weighted by atomic mass is 35.5. The van der Waals surface area contributed by atoms with E-state index in [0.717, 1.165) is 0 Å². The molecule has 0 radical (unpaired) electrons. The quantitative estimate of drug-likeness (QED) is 0.661. The highest BCUT2D eigenvalue weighted by molar-refractivity contribution is 6.31. The molecule has 1 aromatic rings. The Balaban J connectivity index is 2.96. The van der Waals surface area contributed by atoms with E-state index in [9.17, 15) is 4.39 Å². The van der Waals surface area contributed by atoms with Crippen LogP contribution in [-0.4, -0.2) is 0 Å². The molecule has 0 aliphatic carbocycles. The molecule has 0 aliphatic rings. The first-order valence-corrected chi connectivity index (χ1v) is 4.42. The SMILES string of the molecule is CC(C)Cc1c(F)cccc1Cl. The Bertz CT molecular complexity index is 248. The van der Waals surface area contributed by atoms with E-state index in [1.165, 1.54) is 6.07 Å². The Kier molecular flexibility index (Phi) is 3.10. The summed E-state index contributed by atoms with van der Waals surface area (Å²) in [6.45, 7) is 4.09. The van der Waals surface area contributed by atoms with E-state index in [1.54, 1.807) is 12.1 Å². The molecular formula is C10H12ClF. The maximum Gasteiger partial charge on any atom is 0.127 e. The van der Waals surface area contributed by atoms with Crippen molar-refractivity contribution in [2.45, 2.75) is 20.3 Å². The van der Waals surface area contributed by atoms with E-state index >= 15 is 0 Å². The van der Waals surface area contributed by atoms with Crippen molar-refractivity contribution in [3.05, 3.63) is 34.6 Å². The van der Waals surface area contributed by atoms with Gasteiger partial charge in [0, 0.05) is 10.6 Å². The molecule has 12 heavy (non-hydrogen) atoms. The second kappa shape index (κ2) is 3.90. The molecule has 0 aromatic heterocycles. The molecule has 0 fully saturated rings. The Morgan fingerprint density at radius 3 is 2.58 bits per heavy atom. The maximum atomic E-state index is 13.1. The maximum absolute atomic E-state index is 13.1. The van der Waals surface area contributed by atoms with Crippen molar-refractivity contribution >= 4 is 11.6 Å². The smallest absolute Gasteiger partial charge is 0.127 e. The number of rotatable bonds is 2. The van der Waals surface area contributed by atoms with Crippen LogP contribution in [0.4, 0.5) is 4.39 Å². The molecule has 0 amide bonds. The second-order valence-corrected chi connectivity index (χ2v) is 3.71. The fraction of sp³-hybridized carbons (Fsp3) is 0.400. The molecule has 1 rings (SSSR count). The Hall–Kier alpha value is -0.560. The van der Waals surface area contributed by atoms with Crippen molar-refractivity contribution in [1.82, 2.24) is 0 Å². The summed E-state index contributed by atoms with van der Waals surface area (Å²) in [5, 5.41) is 0.531. The third-order valence-electron chi connectivity index (χ3n) is 1.67. The van der Waals surface area contributed by atoms with Gasteiger partial charge in [0.2, 0.25) is 0 Å². The molecule has 66 valence electrons. The van der Waals surface area contributed by atoms with Crippen molar-refractivity contribution in [2.24, 2.45) is 5.92 Å².